The molecular weight excluding hydrogens is 174 g/mol. The van der Waals surface area contributed by atoms with E-state index >= 15 is 0 Å². The molecule has 0 aliphatic rings. The fourth-order valence-electron chi connectivity index (χ4n) is 0.925. The summed E-state index contributed by atoms with van der Waals surface area (Å²) in [6.07, 6.45) is 0. The van der Waals surface area contributed by atoms with Gasteiger partial charge < -0.3 is 19.4 Å². The smallest absolute Gasteiger partial charge is 0.274 e. The van der Waals surface area contributed by atoms with Gasteiger partial charge in [0, 0.05) is 19.8 Å². The molecule has 0 rings (SSSR count). The van der Waals surface area contributed by atoms with Crippen molar-refractivity contribution in [1.82, 2.24) is 5.48 Å². The molecule has 0 saturated heterocycles. The van der Waals surface area contributed by atoms with Crippen LogP contribution >= 0.6 is 0 Å². The van der Waals surface area contributed by atoms with Crippen molar-refractivity contribution in [3.05, 3.63) is 0 Å². The van der Waals surface area contributed by atoms with Crippen LogP contribution in [0.2, 0.25) is 0 Å². The third kappa shape index (κ3) is 4.54. The van der Waals surface area contributed by atoms with Gasteiger partial charge in [0.2, 0.25) is 0 Å². The summed E-state index contributed by atoms with van der Waals surface area (Å²) in [4.78, 5) is 0. The van der Waals surface area contributed by atoms with Crippen molar-refractivity contribution in [3.63, 3.8) is 0 Å². The maximum Gasteiger partial charge on any atom is 0.274 e. The van der Waals surface area contributed by atoms with Crippen LogP contribution in [0, 0.1) is 0 Å². The highest BCUT2D eigenvalue weighted by atomic mass is 16.8. The zero-order valence-corrected chi connectivity index (χ0v) is 8.50. The Balaban J connectivity index is 4.07. The molecule has 0 saturated carbocycles. The van der Waals surface area contributed by atoms with E-state index in [1.807, 2.05) is 26.3 Å². The Morgan fingerprint density at radius 1 is 1.08 bits per heavy atom. The molecule has 0 aromatic rings. The van der Waals surface area contributed by atoms with Gasteiger partial charge in [-0.05, 0) is 20.8 Å². The first-order valence-corrected chi connectivity index (χ1v) is 4.51. The Morgan fingerprint density at radius 3 is 1.92 bits per heavy atom. The monoisotopic (exact) mass is 193 g/mol. The van der Waals surface area contributed by atoms with Crippen LogP contribution in [0.1, 0.15) is 20.8 Å². The lowest BCUT2D eigenvalue weighted by atomic mass is 10.5. The largest absolute Gasteiger partial charge is 0.374 e. The first-order valence-electron chi connectivity index (χ1n) is 4.51. The van der Waals surface area contributed by atoms with E-state index in [4.69, 9.17) is 19.4 Å². The molecule has 0 aliphatic carbocycles. The fraction of sp³-hybridized carbons (Fsp3) is 1.00. The third-order valence-electron chi connectivity index (χ3n) is 1.42. The molecule has 2 N–H and O–H groups in total. The molecular formula is C8H19NO4. The van der Waals surface area contributed by atoms with E-state index in [1.54, 1.807) is 0 Å². The van der Waals surface area contributed by atoms with Crippen LogP contribution in [-0.2, 0) is 14.2 Å². The van der Waals surface area contributed by atoms with Crippen LogP contribution < -0.4 is 5.48 Å². The summed E-state index contributed by atoms with van der Waals surface area (Å²) < 4.78 is 15.5. The number of ether oxygens (including phenoxy) is 3. The van der Waals surface area contributed by atoms with Crippen molar-refractivity contribution in [2.75, 3.05) is 26.4 Å². The SMILES string of the molecule is CCOCC(NO)(OCC)OCC. The van der Waals surface area contributed by atoms with Gasteiger partial charge in [-0.2, -0.15) is 0 Å². The molecule has 5 heteroatoms. The molecule has 0 unspecified atom stereocenters. The Bertz CT molecular complexity index is 115. The topological polar surface area (TPSA) is 60.0 Å². The predicted molar refractivity (Wildman–Crippen MR) is 47.4 cm³/mol. The molecule has 0 heterocycles. The summed E-state index contributed by atoms with van der Waals surface area (Å²) in [6.45, 7) is 7.06. The van der Waals surface area contributed by atoms with E-state index in [0.29, 0.717) is 19.8 Å². The molecule has 0 aromatic carbocycles. The maximum absolute atomic E-state index is 8.89. The van der Waals surface area contributed by atoms with Gasteiger partial charge in [-0.25, -0.2) is 0 Å². The van der Waals surface area contributed by atoms with E-state index in [2.05, 4.69) is 0 Å². The van der Waals surface area contributed by atoms with E-state index < -0.39 is 5.91 Å². The molecule has 0 atom stereocenters. The first kappa shape index (κ1) is 12.8. The van der Waals surface area contributed by atoms with Gasteiger partial charge in [0.1, 0.15) is 6.61 Å². The fourth-order valence-corrected chi connectivity index (χ4v) is 0.925. The molecule has 0 radical (unpaired) electrons. The van der Waals surface area contributed by atoms with Gasteiger partial charge in [-0.1, -0.05) is 0 Å². The van der Waals surface area contributed by atoms with Crippen LogP contribution in [0.4, 0.5) is 0 Å². The third-order valence-corrected chi connectivity index (χ3v) is 1.42. The first-order chi connectivity index (χ1) is 6.24. The predicted octanol–water partition coefficient (Wildman–Crippen LogP) is 0.728. The van der Waals surface area contributed by atoms with Gasteiger partial charge in [0.05, 0.1) is 0 Å². The highest BCUT2D eigenvalue weighted by Gasteiger charge is 2.31. The molecule has 0 amide bonds. The van der Waals surface area contributed by atoms with Crippen LogP contribution in [0.3, 0.4) is 0 Å². The summed E-state index contributed by atoms with van der Waals surface area (Å²) in [5.74, 6) is -1.22. The lowest BCUT2D eigenvalue weighted by Gasteiger charge is -2.30. The van der Waals surface area contributed by atoms with E-state index in [-0.39, 0.29) is 6.61 Å². The lowest BCUT2D eigenvalue weighted by Crippen LogP contribution is -2.52. The zero-order valence-electron chi connectivity index (χ0n) is 8.50. The number of hydroxylamine groups is 1. The van der Waals surface area contributed by atoms with Crippen molar-refractivity contribution in [2.24, 2.45) is 0 Å². The zero-order chi connectivity index (χ0) is 10.2. The minimum Gasteiger partial charge on any atom is -0.374 e. The second-order valence-corrected chi connectivity index (χ2v) is 2.37. The summed E-state index contributed by atoms with van der Waals surface area (Å²) >= 11 is 0. The normalized spacial score (nSPS) is 12.0. The molecule has 0 spiro atoms. The lowest BCUT2D eigenvalue weighted by molar-refractivity contribution is -0.312. The highest BCUT2D eigenvalue weighted by Crippen LogP contribution is 2.09. The Morgan fingerprint density at radius 2 is 1.62 bits per heavy atom. The quantitative estimate of drug-likeness (QED) is 0.439. The molecule has 0 aromatic heterocycles. The standard InChI is InChI=1S/C8H19NO4/c1-4-11-7-8(9-10,12-5-2)13-6-3/h9-10H,4-7H2,1-3H3. The average Bonchev–Trinajstić information content (AvgIpc) is 2.15. The van der Waals surface area contributed by atoms with E-state index in [0.717, 1.165) is 0 Å². The van der Waals surface area contributed by atoms with Gasteiger partial charge in [-0.3, -0.25) is 0 Å². The minimum absolute atomic E-state index is 0.154. The van der Waals surface area contributed by atoms with Crippen molar-refractivity contribution >= 4 is 0 Å². The van der Waals surface area contributed by atoms with Gasteiger partial charge in [0.25, 0.3) is 5.91 Å². The van der Waals surface area contributed by atoms with Crippen molar-refractivity contribution < 1.29 is 19.4 Å². The minimum atomic E-state index is -1.22. The summed E-state index contributed by atoms with van der Waals surface area (Å²) in [7, 11) is 0. The Labute approximate surface area is 78.9 Å². The molecule has 13 heavy (non-hydrogen) atoms. The van der Waals surface area contributed by atoms with E-state index in [9.17, 15) is 0 Å². The number of hydrogen-bond acceptors (Lipinski definition) is 5. The maximum atomic E-state index is 8.89. The van der Waals surface area contributed by atoms with Gasteiger partial charge in [-0.15, -0.1) is 5.48 Å². The summed E-state index contributed by atoms with van der Waals surface area (Å²) in [6, 6.07) is 0. The Hall–Kier alpha value is -0.200. The number of rotatable bonds is 8. The average molecular weight is 193 g/mol. The number of nitrogens with one attached hydrogen (secondary N) is 1. The van der Waals surface area contributed by atoms with Crippen LogP contribution in [0.15, 0.2) is 0 Å². The second-order valence-electron chi connectivity index (χ2n) is 2.37. The van der Waals surface area contributed by atoms with Crippen molar-refractivity contribution in [2.45, 2.75) is 26.7 Å². The summed E-state index contributed by atoms with van der Waals surface area (Å²) in [5.41, 5.74) is 1.98. The molecule has 0 fully saturated rings. The van der Waals surface area contributed by atoms with Crippen LogP contribution in [-0.4, -0.2) is 37.5 Å². The van der Waals surface area contributed by atoms with Crippen LogP contribution in [0.5, 0.6) is 0 Å². The molecule has 0 aliphatic heterocycles. The van der Waals surface area contributed by atoms with Crippen LogP contribution in [0.25, 0.3) is 0 Å². The highest BCUT2D eigenvalue weighted by molar-refractivity contribution is 4.60. The summed E-state index contributed by atoms with van der Waals surface area (Å²) in [5, 5.41) is 8.89. The van der Waals surface area contributed by atoms with Crippen molar-refractivity contribution in [1.29, 1.82) is 0 Å². The number of hydrogen-bond donors (Lipinski definition) is 2. The van der Waals surface area contributed by atoms with Crippen molar-refractivity contribution in [3.8, 4) is 0 Å². The van der Waals surface area contributed by atoms with Gasteiger partial charge in [0.15, 0.2) is 0 Å². The molecule has 0 bridgehead atoms. The Kier molecular flexibility index (Phi) is 7.12. The second kappa shape index (κ2) is 7.23. The van der Waals surface area contributed by atoms with E-state index in [1.165, 1.54) is 0 Å². The molecule has 80 valence electrons. The van der Waals surface area contributed by atoms with Gasteiger partial charge >= 0.3 is 0 Å². The molecule has 5 nitrogen and oxygen atoms in total.